The van der Waals surface area contributed by atoms with Crippen LogP contribution in [0, 0.1) is 0 Å². The molecule has 0 aromatic heterocycles. The number of carbonyl (C=O) groups is 1. The van der Waals surface area contributed by atoms with Gasteiger partial charge in [0.25, 0.3) is 0 Å². The Morgan fingerprint density at radius 3 is 2.32 bits per heavy atom. The number of phenols is 1. The lowest BCUT2D eigenvalue weighted by Gasteiger charge is -2.30. The number of phenolic OH excluding ortho intramolecular Hbond substituents is 1. The van der Waals surface area contributed by atoms with E-state index in [1.54, 1.807) is 18.9 Å². The number of hydrogen-bond donors (Lipinski definition) is 1. The highest BCUT2D eigenvalue weighted by Crippen LogP contribution is 2.37. The third kappa shape index (κ3) is 4.47. The van der Waals surface area contributed by atoms with Crippen LogP contribution >= 0.6 is 11.8 Å². The van der Waals surface area contributed by atoms with Gasteiger partial charge in [-0.25, -0.2) is 0 Å². The average Bonchev–Trinajstić information content (AvgIpc) is 2.56. The second-order valence-electron chi connectivity index (χ2n) is 6.82. The van der Waals surface area contributed by atoms with Crippen molar-refractivity contribution in [2.45, 2.75) is 45.6 Å². The van der Waals surface area contributed by atoms with Crippen LogP contribution in [0.4, 0.5) is 0 Å². The van der Waals surface area contributed by atoms with Crippen LogP contribution in [0.25, 0.3) is 6.08 Å². The molecule has 1 N–H and O–H groups in total. The lowest BCUT2D eigenvalue weighted by atomic mass is 9.91. The first-order chi connectivity index (χ1) is 11.9. The zero-order valence-electron chi connectivity index (χ0n) is 15.5. The Labute approximate surface area is 154 Å². The predicted octanol–water partition coefficient (Wildman–Crippen LogP) is 4.67. The first-order valence-electron chi connectivity index (χ1n) is 8.50. The highest BCUT2D eigenvalue weighted by Gasteiger charge is 2.23. The maximum Gasteiger partial charge on any atom is 0.147 e. The summed E-state index contributed by atoms with van der Waals surface area (Å²) in [5.41, 5.74) is 2.88. The first-order valence-corrected chi connectivity index (χ1v) is 9.38. The van der Waals surface area contributed by atoms with Gasteiger partial charge < -0.3 is 19.5 Å². The molecule has 1 unspecified atom stereocenters. The summed E-state index contributed by atoms with van der Waals surface area (Å²) in [5.74, 6) is 0.833. The number of hydrogen-bond acceptors (Lipinski definition) is 5. The largest absolute Gasteiger partial charge is 0.507 e. The minimum atomic E-state index is -0.353. The number of aldehydes is 1. The highest BCUT2D eigenvalue weighted by atomic mass is 32.2. The first kappa shape index (κ1) is 19.6. The molecule has 2 rings (SSSR count). The standard InChI is InChI=1S/C20H27NO3S/c1-13(2)16-8-15(9-17(14(3)4)20(16)23)10-19-18(11-22)21(12-24-5)6-7-25-19/h6-11,13-14,18,23H,12H2,1-5H3. The molecule has 0 saturated carbocycles. The molecule has 0 saturated heterocycles. The van der Waals surface area contributed by atoms with Gasteiger partial charge in [0, 0.05) is 18.2 Å². The minimum Gasteiger partial charge on any atom is -0.507 e. The smallest absolute Gasteiger partial charge is 0.147 e. The van der Waals surface area contributed by atoms with E-state index in [1.807, 2.05) is 34.7 Å². The van der Waals surface area contributed by atoms with Gasteiger partial charge in [-0.2, -0.15) is 0 Å². The summed E-state index contributed by atoms with van der Waals surface area (Å²) in [6.45, 7) is 8.65. The molecule has 0 fully saturated rings. The molecule has 1 aliphatic heterocycles. The zero-order chi connectivity index (χ0) is 18.6. The van der Waals surface area contributed by atoms with E-state index in [2.05, 4.69) is 27.7 Å². The van der Waals surface area contributed by atoms with Crippen molar-refractivity contribution in [1.82, 2.24) is 4.90 Å². The van der Waals surface area contributed by atoms with Gasteiger partial charge in [-0.15, -0.1) is 0 Å². The number of thioether (sulfide) groups is 1. The molecule has 1 aromatic rings. The van der Waals surface area contributed by atoms with Gasteiger partial charge in [-0.05, 0) is 52.1 Å². The minimum absolute atomic E-state index is 0.224. The maximum atomic E-state index is 11.6. The number of ether oxygens (including phenoxy) is 1. The fourth-order valence-electron chi connectivity index (χ4n) is 2.88. The Balaban J connectivity index is 2.48. The molecule has 5 heteroatoms. The molecule has 136 valence electrons. The molecule has 0 spiro atoms. The Hall–Kier alpha value is -1.72. The second-order valence-corrected chi connectivity index (χ2v) is 7.80. The molecule has 0 radical (unpaired) electrons. The number of rotatable bonds is 6. The molecule has 4 nitrogen and oxygen atoms in total. The third-order valence-electron chi connectivity index (χ3n) is 4.26. The van der Waals surface area contributed by atoms with Crippen molar-refractivity contribution < 1.29 is 14.6 Å². The molecule has 1 aromatic carbocycles. The van der Waals surface area contributed by atoms with E-state index < -0.39 is 0 Å². The summed E-state index contributed by atoms with van der Waals surface area (Å²) >= 11 is 1.54. The molecule has 0 aliphatic carbocycles. The monoisotopic (exact) mass is 361 g/mol. The fourth-order valence-corrected chi connectivity index (χ4v) is 3.79. The quantitative estimate of drug-likeness (QED) is 0.746. The summed E-state index contributed by atoms with van der Waals surface area (Å²) in [7, 11) is 1.62. The van der Waals surface area contributed by atoms with Gasteiger partial charge in [0.2, 0.25) is 0 Å². The summed E-state index contributed by atoms with van der Waals surface area (Å²) in [4.78, 5) is 14.4. The molecule has 1 aliphatic rings. The van der Waals surface area contributed by atoms with E-state index in [0.717, 1.165) is 27.9 Å². The second kappa shape index (κ2) is 8.59. The van der Waals surface area contributed by atoms with E-state index in [1.165, 1.54) is 0 Å². The van der Waals surface area contributed by atoms with Crippen LogP contribution in [0.1, 0.15) is 56.2 Å². The van der Waals surface area contributed by atoms with E-state index in [-0.39, 0.29) is 17.9 Å². The van der Waals surface area contributed by atoms with Gasteiger partial charge in [-0.3, -0.25) is 0 Å². The van der Waals surface area contributed by atoms with Crippen molar-refractivity contribution >= 4 is 24.1 Å². The van der Waals surface area contributed by atoms with Crippen LogP contribution in [0.2, 0.25) is 0 Å². The van der Waals surface area contributed by atoms with E-state index >= 15 is 0 Å². The Morgan fingerprint density at radius 2 is 1.84 bits per heavy atom. The van der Waals surface area contributed by atoms with Crippen LogP contribution in [0.15, 0.2) is 28.6 Å². The SMILES string of the molecule is COCN1C=CSC(=Cc2cc(C(C)C)c(O)c(C(C)C)c2)C1C=O. The van der Waals surface area contributed by atoms with Crippen LogP contribution in [-0.2, 0) is 9.53 Å². The molecule has 0 bridgehead atoms. The predicted molar refractivity (Wildman–Crippen MR) is 105 cm³/mol. The van der Waals surface area contributed by atoms with Gasteiger partial charge in [-0.1, -0.05) is 39.5 Å². The van der Waals surface area contributed by atoms with Crippen molar-refractivity contribution in [3.63, 3.8) is 0 Å². The summed E-state index contributed by atoms with van der Waals surface area (Å²) < 4.78 is 5.18. The molecular weight excluding hydrogens is 334 g/mol. The number of methoxy groups -OCH3 is 1. The fraction of sp³-hybridized carbons (Fsp3) is 0.450. The Morgan fingerprint density at radius 1 is 1.24 bits per heavy atom. The number of nitrogens with zero attached hydrogens (tertiary/aromatic N) is 1. The summed E-state index contributed by atoms with van der Waals surface area (Å²) in [5, 5.41) is 12.5. The van der Waals surface area contributed by atoms with E-state index in [4.69, 9.17) is 4.74 Å². The Bertz CT molecular complexity index is 651. The summed E-state index contributed by atoms with van der Waals surface area (Å²) in [6, 6.07) is 3.68. The average molecular weight is 362 g/mol. The van der Waals surface area contributed by atoms with Gasteiger partial charge in [0.05, 0.1) is 0 Å². The van der Waals surface area contributed by atoms with Crippen LogP contribution in [-0.4, -0.2) is 36.2 Å². The lowest BCUT2D eigenvalue weighted by molar-refractivity contribution is -0.111. The van der Waals surface area contributed by atoms with Gasteiger partial charge in [0.1, 0.15) is 24.8 Å². The van der Waals surface area contributed by atoms with Gasteiger partial charge >= 0.3 is 0 Å². The highest BCUT2D eigenvalue weighted by molar-refractivity contribution is 8.06. The van der Waals surface area contributed by atoms with Crippen LogP contribution in [0.3, 0.4) is 0 Å². The normalized spacial score (nSPS) is 19.2. The number of aromatic hydroxyl groups is 1. The van der Waals surface area contributed by atoms with Gasteiger partial charge in [0.15, 0.2) is 0 Å². The molecule has 1 heterocycles. The summed E-state index contributed by atoms with van der Waals surface area (Å²) in [6.07, 6.45) is 4.85. The molecule has 0 amide bonds. The van der Waals surface area contributed by atoms with Crippen LogP contribution < -0.4 is 0 Å². The van der Waals surface area contributed by atoms with Crippen LogP contribution in [0.5, 0.6) is 5.75 Å². The van der Waals surface area contributed by atoms with Crippen molar-refractivity contribution in [3.05, 3.63) is 45.3 Å². The van der Waals surface area contributed by atoms with Crippen molar-refractivity contribution in [3.8, 4) is 5.75 Å². The van der Waals surface area contributed by atoms with Crippen molar-refractivity contribution in [2.24, 2.45) is 0 Å². The Kier molecular flexibility index (Phi) is 6.73. The molecular formula is C20H27NO3S. The topological polar surface area (TPSA) is 49.8 Å². The molecule has 1 atom stereocenters. The zero-order valence-corrected chi connectivity index (χ0v) is 16.3. The lowest BCUT2D eigenvalue weighted by Crippen LogP contribution is -2.35. The maximum absolute atomic E-state index is 11.6. The van der Waals surface area contributed by atoms with E-state index in [0.29, 0.717) is 12.5 Å². The number of benzene rings is 1. The third-order valence-corrected chi connectivity index (χ3v) is 5.15. The van der Waals surface area contributed by atoms with Crippen molar-refractivity contribution in [2.75, 3.05) is 13.8 Å². The number of carbonyl (C=O) groups excluding carboxylic acids is 1. The van der Waals surface area contributed by atoms with Crippen molar-refractivity contribution in [1.29, 1.82) is 0 Å². The van der Waals surface area contributed by atoms with E-state index in [9.17, 15) is 9.90 Å². The molecule has 25 heavy (non-hydrogen) atoms.